The molecule has 0 spiro atoms. The maximum atomic E-state index is 3.26. The molecule has 1 aliphatic carbocycles. The lowest BCUT2D eigenvalue weighted by Crippen LogP contribution is -2.35. The van der Waals surface area contributed by atoms with Crippen LogP contribution in [-0.2, 0) is 0 Å². The van der Waals surface area contributed by atoms with Crippen LogP contribution < -0.4 is 0 Å². The van der Waals surface area contributed by atoms with E-state index in [4.69, 9.17) is 0 Å². The fourth-order valence-corrected chi connectivity index (χ4v) is 2.62. The highest BCUT2D eigenvalue weighted by Crippen LogP contribution is 2.19. The second kappa shape index (κ2) is 5.41. The minimum Gasteiger partial charge on any atom is -0.300 e. The summed E-state index contributed by atoms with van der Waals surface area (Å²) in [6.45, 7) is 2.68. The van der Waals surface area contributed by atoms with Crippen molar-refractivity contribution in [3.05, 3.63) is 0 Å². The largest absolute Gasteiger partial charge is 0.300 e. The topological polar surface area (TPSA) is 3.24 Å². The quantitative estimate of drug-likeness (QED) is 0.576. The van der Waals surface area contributed by atoms with Gasteiger partial charge in [0.05, 0.1) is 0 Å². The van der Waals surface area contributed by atoms with Crippen molar-refractivity contribution in [2.24, 2.45) is 0 Å². The molecular formula is C13H21N. The molecule has 1 heteroatoms. The van der Waals surface area contributed by atoms with Crippen molar-refractivity contribution >= 4 is 0 Å². The predicted octanol–water partition coefficient (Wildman–Crippen LogP) is 2.81. The van der Waals surface area contributed by atoms with Gasteiger partial charge in [-0.05, 0) is 38.8 Å². The van der Waals surface area contributed by atoms with Gasteiger partial charge in [0.1, 0.15) is 0 Å². The Kier molecular flexibility index (Phi) is 3.89. The van der Waals surface area contributed by atoms with E-state index in [2.05, 4.69) is 16.7 Å². The highest BCUT2D eigenvalue weighted by molar-refractivity contribution is 5.02. The molecule has 78 valence electrons. The summed E-state index contributed by atoms with van der Waals surface area (Å²) in [6.07, 6.45) is 10.6. The standard InChI is InChI=1S/C13H21N/c1-2-6-10-13(9-5-1)14-11-7-3-4-8-12-14/h13H,3-12H2. The van der Waals surface area contributed by atoms with Crippen LogP contribution in [0.25, 0.3) is 0 Å². The molecule has 0 saturated carbocycles. The minimum atomic E-state index is 0.829. The number of likely N-dealkylation sites (tertiary alicyclic amines) is 1. The van der Waals surface area contributed by atoms with Gasteiger partial charge in [-0.1, -0.05) is 12.8 Å². The highest BCUT2D eigenvalue weighted by atomic mass is 15.1. The molecule has 2 rings (SSSR count). The molecule has 0 bridgehead atoms. The maximum absolute atomic E-state index is 3.26. The molecule has 1 nitrogen and oxygen atoms in total. The van der Waals surface area contributed by atoms with Crippen LogP contribution in [0.2, 0.25) is 0 Å². The first-order valence-electron chi connectivity index (χ1n) is 6.16. The van der Waals surface area contributed by atoms with Crippen molar-refractivity contribution < 1.29 is 0 Å². The molecule has 0 amide bonds. The van der Waals surface area contributed by atoms with Crippen LogP contribution in [0.3, 0.4) is 0 Å². The fourth-order valence-electron chi connectivity index (χ4n) is 2.62. The van der Waals surface area contributed by atoms with E-state index < -0.39 is 0 Å². The summed E-state index contributed by atoms with van der Waals surface area (Å²) in [4.78, 5) is 2.72. The third-order valence-electron chi connectivity index (χ3n) is 3.49. The van der Waals surface area contributed by atoms with E-state index in [0.29, 0.717) is 0 Å². The summed E-state index contributed by atoms with van der Waals surface area (Å²) in [5.74, 6) is 6.51. The normalized spacial score (nSPS) is 26.0. The van der Waals surface area contributed by atoms with Crippen LogP contribution in [0.5, 0.6) is 0 Å². The molecular weight excluding hydrogens is 170 g/mol. The highest BCUT2D eigenvalue weighted by Gasteiger charge is 2.19. The first-order valence-corrected chi connectivity index (χ1v) is 6.16. The average Bonchev–Trinajstić information content (AvgIpc) is 2.62. The van der Waals surface area contributed by atoms with Crippen LogP contribution in [0, 0.1) is 11.8 Å². The molecule has 1 aliphatic heterocycles. The summed E-state index contributed by atoms with van der Waals surface area (Å²) in [6, 6.07) is 0.829. The molecule has 0 N–H and O–H groups in total. The Morgan fingerprint density at radius 2 is 1.36 bits per heavy atom. The van der Waals surface area contributed by atoms with Gasteiger partial charge in [-0.3, -0.25) is 0 Å². The predicted molar refractivity (Wildman–Crippen MR) is 60.1 cm³/mol. The second-order valence-electron chi connectivity index (χ2n) is 4.53. The van der Waals surface area contributed by atoms with E-state index in [1.165, 1.54) is 51.6 Å². The third kappa shape index (κ3) is 2.75. The minimum absolute atomic E-state index is 0.829. The van der Waals surface area contributed by atoms with E-state index in [9.17, 15) is 0 Å². The molecule has 0 unspecified atom stereocenters. The van der Waals surface area contributed by atoms with Crippen molar-refractivity contribution in [3.8, 4) is 11.8 Å². The Hall–Kier alpha value is -0.480. The van der Waals surface area contributed by atoms with Crippen LogP contribution in [-0.4, -0.2) is 24.0 Å². The van der Waals surface area contributed by atoms with Crippen molar-refractivity contribution in [2.45, 2.75) is 57.4 Å². The Balaban J connectivity index is 1.85. The van der Waals surface area contributed by atoms with Gasteiger partial charge >= 0.3 is 0 Å². The Labute approximate surface area is 87.9 Å². The Morgan fingerprint density at radius 1 is 0.786 bits per heavy atom. The first-order chi connectivity index (χ1) is 6.97. The van der Waals surface area contributed by atoms with E-state index in [-0.39, 0.29) is 0 Å². The molecule has 14 heavy (non-hydrogen) atoms. The van der Waals surface area contributed by atoms with Gasteiger partial charge in [0.2, 0.25) is 0 Å². The van der Waals surface area contributed by atoms with Gasteiger partial charge in [-0.2, -0.15) is 0 Å². The number of nitrogens with zero attached hydrogens (tertiary/aromatic N) is 1. The molecule has 1 saturated heterocycles. The summed E-state index contributed by atoms with van der Waals surface area (Å²) < 4.78 is 0. The average molecular weight is 191 g/mol. The van der Waals surface area contributed by atoms with Gasteiger partial charge in [0.15, 0.2) is 0 Å². The lowest BCUT2D eigenvalue weighted by molar-refractivity contribution is 0.187. The maximum Gasteiger partial charge on any atom is 0.0113 e. The van der Waals surface area contributed by atoms with Crippen LogP contribution in [0.4, 0.5) is 0 Å². The van der Waals surface area contributed by atoms with Crippen molar-refractivity contribution in [3.63, 3.8) is 0 Å². The smallest absolute Gasteiger partial charge is 0.0113 e. The zero-order valence-electron chi connectivity index (χ0n) is 9.10. The second-order valence-corrected chi connectivity index (χ2v) is 4.53. The molecule has 2 aliphatic rings. The van der Waals surface area contributed by atoms with Crippen molar-refractivity contribution in [1.82, 2.24) is 4.90 Å². The monoisotopic (exact) mass is 191 g/mol. The van der Waals surface area contributed by atoms with Gasteiger partial charge in [0.25, 0.3) is 0 Å². The van der Waals surface area contributed by atoms with E-state index in [0.717, 1.165) is 18.9 Å². The van der Waals surface area contributed by atoms with Gasteiger partial charge in [-0.25, -0.2) is 0 Å². The number of rotatable bonds is 1. The third-order valence-corrected chi connectivity index (χ3v) is 3.49. The Morgan fingerprint density at radius 3 is 1.93 bits per heavy atom. The molecule has 0 radical (unpaired) electrons. The van der Waals surface area contributed by atoms with Crippen molar-refractivity contribution in [1.29, 1.82) is 0 Å². The molecule has 0 aromatic rings. The summed E-state index contributed by atoms with van der Waals surface area (Å²) in [7, 11) is 0. The van der Waals surface area contributed by atoms with E-state index >= 15 is 0 Å². The molecule has 1 fully saturated rings. The molecule has 0 atom stereocenters. The van der Waals surface area contributed by atoms with Gasteiger partial charge in [-0.15, -0.1) is 11.8 Å². The van der Waals surface area contributed by atoms with E-state index in [1.54, 1.807) is 0 Å². The van der Waals surface area contributed by atoms with Crippen LogP contribution in [0.1, 0.15) is 51.4 Å². The zero-order chi connectivity index (χ0) is 9.64. The lowest BCUT2D eigenvalue weighted by Gasteiger charge is -2.29. The van der Waals surface area contributed by atoms with Crippen LogP contribution in [0.15, 0.2) is 0 Å². The van der Waals surface area contributed by atoms with E-state index in [1.807, 2.05) is 0 Å². The fraction of sp³-hybridized carbons (Fsp3) is 0.846. The molecule has 1 heterocycles. The van der Waals surface area contributed by atoms with Crippen molar-refractivity contribution in [2.75, 3.05) is 13.1 Å². The van der Waals surface area contributed by atoms with Crippen LogP contribution >= 0.6 is 0 Å². The van der Waals surface area contributed by atoms with Gasteiger partial charge in [0, 0.05) is 18.9 Å². The molecule has 0 aromatic carbocycles. The molecule has 0 aromatic heterocycles. The summed E-state index contributed by atoms with van der Waals surface area (Å²) >= 11 is 0. The first kappa shape index (κ1) is 10.1. The van der Waals surface area contributed by atoms with Gasteiger partial charge < -0.3 is 4.90 Å². The SMILES string of the molecule is C1#CCCC(N2CCCCCC2)CC1. The lowest BCUT2D eigenvalue weighted by atomic mass is 10.1. The Bertz CT molecular complexity index is 203. The zero-order valence-corrected chi connectivity index (χ0v) is 9.10. The summed E-state index contributed by atoms with van der Waals surface area (Å²) in [5, 5.41) is 0. The number of hydrogen-bond donors (Lipinski definition) is 0. The summed E-state index contributed by atoms with van der Waals surface area (Å²) in [5.41, 5.74) is 0. The number of hydrogen-bond acceptors (Lipinski definition) is 1.